The number of anilines is 1. The van der Waals surface area contributed by atoms with Crippen LogP contribution in [-0.4, -0.2) is 43.5 Å². The summed E-state index contributed by atoms with van der Waals surface area (Å²) in [6.45, 7) is 1.11. The SMILES string of the molecule is CCOC(=O)c1c(-c2cccs2)csc1NC(=O)COC(=O)CNC(=O)C1CCCCC1. The van der Waals surface area contributed by atoms with E-state index >= 15 is 0 Å². The summed E-state index contributed by atoms with van der Waals surface area (Å²) in [4.78, 5) is 49.7. The van der Waals surface area contributed by atoms with Gasteiger partial charge in [-0.1, -0.05) is 25.3 Å². The molecular weight excluding hydrogens is 452 g/mol. The molecule has 1 aliphatic rings. The highest BCUT2D eigenvalue weighted by atomic mass is 32.1. The Morgan fingerprint density at radius 3 is 2.56 bits per heavy atom. The zero-order chi connectivity index (χ0) is 22.9. The molecule has 0 spiro atoms. The largest absolute Gasteiger partial charge is 0.462 e. The van der Waals surface area contributed by atoms with Crippen molar-refractivity contribution in [3.63, 3.8) is 0 Å². The second-order valence-corrected chi connectivity index (χ2v) is 9.14. The molecule has 32 heavy (non-hydrogen) atoms. The van der Waals surface area contributed by atoms with E-state index in [9.17, 15) is 19.2 Å². The van der Waals surface area contributed by atoms with Crippen LogP contribution in [0.2, 0.25) is 0 Å². The highest BCUT2D eigenvalue weighted by molar-refractivity contribution is 7.17. The zero-order valence-electron chi connectivity index (χ0n) is 17.8. The fraction of sp³-hybridized carbons (Fsp3) is 0.455. The van der Waals surface area contributed by atoms with Crippen LogP contribution in [0, 0.1) is 5.92 Å². The standard InChI is InChI=1S/C22H26N2O6S2/c1-2-29-22(28)19-15(16-9-6-10-31-16)13-32-21(19)24-17(25)12-30-18(26)11-23-20(27)14-7-4-3-5-8-14/h6,9-10,13-14H,2-5,7-8,11-12H2,1H3,(H,23,27)(H,24,25). The minimum Gasteiger partial charge on any atom is -0.462 e. The number of esters is 2. The number of hydrogen-bond donors (Lipinski definition) is 2. The molecule has 2 heterocycles. The molecule has 0 bridgehead atoms. The molecule has 172 valence electrons. The molecule has 2 aromatic heterocycles. The van der Waals surface area contributed by atoms with Crippen LogP contribution < -0.4 is 10.6 Å². The number of carbonyl (C=O) groups excluding carboxylic acids is 4. The normalized spacial score (nSPS) is 13.9. The number of ether oxygens (including phenoxy) is 2. The van der Waals surface area contributed by atoms with Gasteiger partial charge in [0.25, 0.3) is 5.91 Å². The fourth-order valence-corrected chi connectivity index (χ4v) is 5.29. The molecule has 1 aliphatic carbocycles. The minimum absolute atomic E-state index is 0.0579. The van der Waals surface area contributed by atoms with E-state index in [2.05, 4.69) is 10.6 Å². The van der Waals surface area contributed by atoms with E-state index in [-0.39, 0.29) is 30.5 Å². The summed E-state index contributed by atoms with van der Waals surface area (Å²) in [5.41, 5.74) is 0.958. The van der Waals surface area contributed by atoms with Crippen LogP contribution >= 0.6 is 22.7 Å². The van der Waals surface area contributed by atoms with Crippen molar-refractivity contribution in [1.29, 1.82) is 0 Å². The molecule has 0 radical (unpaired) electrons. The second-order valence-electron chi connectivity index (χ2n) is 7.31. The van der Waals surface area contributed by atoms with Crippen molar-refractivity contribution in [2.75, 3.05) is 25.1 Å². The Morgan fingerprint density at radius 2 is 1.88 bits per heavy atom. The summed E-state index contributed by atoms with van der Waals surface area (Å²) < 4.78 is 10.1. The summed E-state index contributed by atoms with van der Waals surface area (Å²) in [6, 6.07) is 3.75. The van der Waals surface area contributed by atoms with Gasteiger partial charge < -0.3 is 20.1 Å². The maximum atomic E-state index is 12.5. The van der Waals surface area contributed by atoms with Gasteiger partial charge in [0.15, 0.2) is 6.61 Å². The predicted molar refractivity (Wildman–Crippen MR) is 123 cm³/mol. The van der Waals surface area contributed by atoms with E-state index in [4.69, 9.17) is 9.47 Å². The highest BCUT2D eigenvalue weighted by Crippen LogP contribution is 2.38. The molecule has 1 fully saturated rings. The first kappa shape index (κ1) is 23.9. The van der Waals surface area contributed by atoms with Crippen LogP contribution in [0.4, 0.5) is 5.00 Å². The second kappa shape index (κ2) is 11.8. The Labute approximate surface area is 194 Å². The van der Waals surface area contributed by atoms with Crippen LogP contribution in [0.3, 0.4) is 0 Å². The Kier molecular flexibility index (Phi) is 8.81. The number of rotatable bonds is 9. The third-order valence-corrected chi connectivity index (χ3v) is 6.86. The molecule has 10 heteroatoms. The van der Waals surface area contributed by atoms with Crippen molar-refractivity contribution in [3.05, 3.63) is 28.5 Å². The lowest BCUT2D eigenvalue weighted by atomic mass is 9.89. The van der Waals surface area contributed by atoms with Crippen molar-refractivity contribution in [1.82, 2.24) is 5.32 Å². The third kappa shape index (κ3) is 6.39. The minimum atomic E-state index is -0.694. The number of carbonyl (C=O) groups is 4. The molecule has 0 aromatic carbocycles. The first-order valence-electron chi connectivity index (χ1n) is 10.5. The average Bonchev–Trinajstić information content (AvgIpc) is 3.46. The van der Waals surface area contributed by atoms with Crippen molar-refractivity contribution in [2.24, 2.45) is 5.92 Å². The zero-order valence-corrected chi connectivity index (χ0v) is 19.4. The fourth-order valence-electron chi connectivity index (χ4n) is 3.50. The summed E-state index contributed by atoms with van der Waals surface area (Å²) in [5.74, 6) is -2.01. The van der Waals surface area contributed by atoms with E-state index in [1.54, 1.807) is 12.3 Å². The topological polar surface area (TPSA) is 111 Å². The van der Waals surface area contributed by atoms with Crippen molar-refractivity contribution >= 4 is 51.4 Å². The lowest BCUT2D eigenvalue weighted by Crippen LogP contribution is -2.36. The van der Waals surface area contributed by atoms with E-state index in [1.807, 2.05) is 17.5 Å². The molecule has 0 atom stereocenters. The predicted octanol–water partition coefficient (Wildman–Crippen LogP) is 3.83. The van der Waals surface area contributed by atoms with Crippen molar-refractivity contribution < 1.29 is 28.7 Å². The summed E-state index contributed by atoms with van der Waals surface area (Å²) in [5, 5.41) is 9.21. The molecule has 0 aliphatic heterocycles. The average molecular weight is 479 g/mol. The number of amides is 2. The van der Waals surface area contributed by atoms with Crippen molar-refractivity contribution in [3.8, 4) is 10.4 Å². The number of nitrogens with one attached hydrogen (secondary N) is 2. The molecule has 3 rings (SSSR count). The van der Waals surface area contributed by atoms with Crippen LogP contribution in [0.5, 0.6) is 0 Å². The van der Waals surface area contributed by atoms with Gasteiger partial charge in [-0.15, -0.1) is 22.7 Å². The first-order chi connectivity index (χ1) is 15.5. The van der Waals surface area contributed by atoms with Gasteiger partial charge in [-0.3, -0.25) is 14.4 Å². The van der Waals surface area contributed by atoms with Gasteiger partial charge in [0.2, 0.25) is 5.91 Å². The van der Waals surface area contributed by atoms with Crippen molar-refractivity contribution in [2.45, 2.75) is 39.0 Å². The molecule has 2 N–H and O–H groups in total. The maximum Gasteiger partial charge on any atom is 0.341 e. The Balaban J connectivity index is 1.52. The molecule has 2 amide bonds. The maximum absolute atomic E-state index is 12.5. The van der Waals surface area contributed by atoms with Crippen LogP contribution in [0.15, 0.2) is 22.9 Å². The summed E-state index contributed by atoms with van der Waals surface area (Å²) in [6.07, 6.45) is 4.85. The quantitative estimate of drug-likeness (QED) is 0.530. The molecule has 8 nitrogen and oxygen atoms in total. The van der Waals surface area contributed by atoms with Gasteiger partial charge in [0, 0.05) is 21.7 Å². The Bertz CT molecular complexity index is 948. The van der Waals surface area contributed by atoms with E-state index < -0.39 is 24.5 Å². The highest BCUT2D eigenvalue weighted by Gasteiger charge is 2.24. The Hall–Kier alpha value is -2.72. The molecule has 2 aromatic rings. The van der Waals surface area contributed by atoms with Crippen LogP contribution in [0.1, 0.15) is 49.4 Å². The Morgan fingerprint density at radius 1 is 1.09 bits per heavy atom. The lowest BCUT2D eigenvalue weighted by molar-refractivity contribution is -0.147. The van der Waals surface area contributed by atoms with E-state index in [0.29, 0.717) is 10.6 Å². The van der Waals surface area contributed by atoms with Gasteiger partial charge in [0.1, 0.15) is 17.1 Å². The monoisotopic (exact) mass is 478 g/mol. The van der Waals surface area contributed by atoms with Crippen LogP contribution in [0.25, 0.3) is 10.4 Å². The summed E-state index contributed by atoms with van der Waals surface area (Å²) >= 11 is 2.67. The molecule has 0 saturated heterocycles. The molecular formula is C22H26N2O6S2. The van der Waals surface area contributed by atoms with Gasteiger partial charge in [-0.25, -0.2) is 4.79 Å². The molecule has 0 unspecified atom stereocenters. The van der Waals surface area contributed by atoms with Gasteiger partial charge in [-0.05, 0) is 31.2 Å². The van der Waals surface area contributed by atoms with Crippen LogP contribution in [-0.2, 0) is 23.9 Å². The van der Waals surface area contributed by atoms with E-state index in [0.717, 1.165) is 37.0 Å². The number of hydrogen-bond acceptors (Lipinski definition) is 8. The lowest BCUT2D eigenvalue weighted by Gasteiger charge is -2.20. The third-order valence-electron chi connectivity index (χ3n) is 5.06. The summed E-state index contributed by atoms with van der Waals surface area (Å²) in [7, 11) is 0. The first-order valence-corrected chi connectivity index (χ1v) is 12.3. The van der Waals surface area contributed by atoms with Gasteiger partial charge in [0.05, 0.1) is 6.61 Å². The van der Waals surface area contributed by atoms with Gasteiger partial charge >= 0.3 is 11.9 Å². The smallest absolute Gasteiger partial charge is 0.341 e. The van der Waals surface area contributed by atoms with Gasteiger partial charge in [-0.2, -0.15) is 0 Å². The number of thiophene rings is 2. The van der Waals surface area contributed by atoms with E-state index in [1.165, 1.54) is 22.7 Å². The molecule has 1 saturated carbocycles.